The second-order valence-corrected chi connectivity index (χ2v) is 4.76. The lowest BCUT2D eigenvalue weighted by molar-refractivity contribution is -0.130. The summed E-state index contributed by atoms with van der Waals surface area (Å²) in [6, 6.07) is 1.84. The van der Waals surface area contributed by atoms with Crippen LogP contribution in [0, 0.1) is 6.92 Å². The zero-order valence-electron chi connectivity index (χ0n) is 11.6. The van der Waals surface area contributed by atoms with Gasteiger partial charge in [-0.15, -0.1) is 0 Å². The summed E-state index contributed by atoms with van der Waals surface area (Å²) >= 11 is 0. The molecule has 6 nitrogen and oxygen atoms in total. The highest BCUT2D eigenvalue weighted by molar-refractivity contribution is 5.80. The van der Waals surface area contributed by atoms with Crippen molar-refractivity contribution in [1.82, 2.24) is 14.9 Å². The van der Waals surface area contributed by atoms with Crippen LogP contribution < -0.4 is 10.6 Å². The lowest BCUT2D eigenvalue weighted by atomic mass is 10.1. The topological polar surface area (TPSA) is 70.2 Å². The fourth-order valence-corrected chi connectivity index (χ4v) is 2.19. The summed E-state index contributed by atoms with van der Waals surface area (Å²) in [5.74, 6) is 1.39. The molecule has 1 aromatic heterocycles. The number of nitrogens with zero attached hydrogens (tertiary/aromatic N) is 3. The lowest BCUT2D eigenvalue weighted by Gasteiger charge is -2.26. The molecule has 2 N–H and O–H groups in total. The van der Waals surface area contributed by atoms with Crippen molar-refractivity contribution in [3.05, 3.63) is 11.8 Å². The molecule has 1 fully saturated rings. The largest absolute Gasteiger partial charge is 0.361 e. The predicted octanol–water partition coefficient (Wildman–Crippen LogP) is 1.25. The number of hydrogen-bond acceptors (Lipinski definition) is 5. The van der Waals surface area contributed by atoms with Crippen LogP contribution in [-0.2, 0) is 4.79 Å². The van der Waals surface area contributed by atoms with Crippen molar-refractivity contribution in [1.29, 1.82) is 0 Å². The van der Waals surface area contributed by atoms with Gasteiger partial charge in [0, 0.05) is 31.9 Å². The van der Waals surface area contributed by atoms with Gasteiger partial charge in [0.05, 0.1) is 6.54 Å². The van der Waals surface area contributed by atoms with E-state index in [1.54, 1.807) is 7.05 Å². The van der Waals surface area contributed by atoms with Gasteiger partial charge in [0.1, 0.15) is 5.82 Å². The molecule has 0 saturated carbocycles. The molecule has 0 aliphatic carbocycles. The molecular weight excluding hydrogens is 242 g/mol. The first-order valence-corrected chi connectivity index (χ1v) is 6.74. The van der Waals surface area contributed by atoms with Gasteiger partial charge in [-0.3, -0.25) is 4.79 Å². The zero-order valence-corrected chi connectivity index (χ0v) is 11.6. The van der Waals surface area contributed by atoms with Crippen LogP contribution in [0.3, 0.4) is 0 Å². The number of nitrogens with one attached hydrogen (secondary N) is 2. The Kier molecular flexibility index (Phi) is 4.54. The van der Waals surface area contributed by atoms with Gasteiger partial charge in [-0.05, 0) is 26.2 Å². The van der Waals surface area contributed by atoms with E-state index in [-0.39, 0.29) is 5.91 Å². The molecule has 1 aromatic rings. The van der Waals surface area contributed by atoms with Crippen LogP contribution in [0.15, 0.2) is 6.07 Å². The number of rotatable bonds is 4. The molecule has 2 rings (SSSR count). The molecule has 0 aromatic carbocycles. The molecule has 0 unspecified atom stereocenters. The van der Waals surface area contributed by atoms with Crippen LogP contribution in [0.25, 0.3) is 0 Å². The smallest absolute Gasteiger partial charge is 0.241 e. The number of carbonyl (C=O) groups excluding carboxylic acids is 1. The zero-order chi connectivity index (χ0) is 13.7. The van der Waals surface area contributed by atoms with E-state index in [1.165, 1.54) is 6.42 Å². The van der Waals surface area contributed by atoms with E-state index in [0.29, 0.717) is 18.3 Å². The lowest BCUT2D eigenvalue weighted by Crippen LogP contribution is -2.39. The summed E-state index contributed by atoms with van der Waals surface area (Å²) in [4.78, 5) is 22.4. The van der Waals surface area contributed by atoms with Gasteiger partial charge in [0.25, 0.3) is 0 Å². The minimum atomic E-state index is 0.141. The first-order chi connectivity index (χ1) is 9.19. The predicted molar refractivity (Wildman–Crippen MR) is 75.2 cm³/mol. The van der Waals surface area contributed by atoms with E-state index in [2.05, 4.69) is 20.6 Å². The van der Waals surface area contributed by atoms with Crippen molar-refractivity contribution >= 4 is 17.7 Å². The number of aromatic nitrogens is 2. The third-order valence-corrected chi connectivity index (χ3v) is 3.21. The first-order valence-electron chi connectivity index (χ1n) is 6.74. The van der Waals surface area contributed by atoms with E-state index in [4.69, 9.17) is 0 Å². The van der Waals surface area contributed by atoms with Crippen molar-refractivity contribution in [3.63, 3.8) is 0 Å². The molecule has 19 heavy (non-hydrogen) atoms. The van der Waals surface area contributed by atoms with E-state index < -0.39 is 0 Å². The standard InChI is InChI=1S/C13H21N5O/c1-10-8-11(17-13(14-2)16-10)15-9-12(19)18-6-4-3-5-7-18/h8H,3-7,9H2,1-2H3,(H2,14,15,16,17). The Balaban J connectivity index is 1.90. The number of aryl methyl sites for hydroxylation is 1. The molecule has 6 heteroatoms. The monoisotopic (exact) mass is 263 g/mol. The highest BCUT2D eigenvalue weighted by atomic mass is 16.2. The van der Waals surface area contributed by atoms with Crippen molar-refractivity contribution in [3.8, 4) is 0 Å². The SMILES string of the molecule is CNc1nc(C)cc(NCC(=O)N2CCCCC2)n1. The van der Waals surface area contributed by atoms with Crippen molar-refractivity contribution in [2.24, 2.45) is 0 Å². The van der Waals surface area contributed by atoms with Crippen molar-refractivity contribution in [2.75, 3.05) is 37.3 Å². The quantitative estimate of drug-likeness (QED) is 0.855. The molecule has 0 radical (unpaired) electrons. The number of carbonyl (C=O) groups is 1. The van der Waals surface area contributed by atoms with Crippen LogP contribution in [0.2, 0.25) is 0 Å². The average molecular weight is 263 g/mol. The Morgan fingerprint density at radius 3 is 2.74 bits per heavy atom. The maximum absolute atomic E-state index is 12.0. The summed E-state index contributed by atoms with van der Waals surface area (Å²) in [6.45, 7) is 3.95. The molecule has 1 saturated heterocycles. The number of anilines is 2. The molecule has 2 heterocycles. The fraction of sp³-hybridized carbons (Fsp3) is 0.615. The highest BCUT2D eigenvalue weighted by Gasteiger charge is 2.16. The van der Waals surface area contributed by atoms with Gasteiger partial charge in [-0.25, -0.2) is 4.98 Å². The maximum Gasteiger partial charge on any atom is 0.241 e. The van der Waals surface area contributed by atoms with Gasteiger partial charge in [0.15, 0.2) is 0 Å². The maximum atomic E-state index is 12.0. The summed E-state index contributed by atoms with van der Waals surface area (Å²) in [7, 11) is 1.78. The van der Waals surface area contributed by atoms with Crippen molar-refractivity contribution < 1.29 is 4.79 Å². The molecule has 1 amide bonds. The van der Waals surface area contributed by atoms with Crippen LogP contribution in [0.5, 0.6) is 0 Å². The molecule has 0 atom stereocenters. The average Bonchev–Trinajstić information content (AvgIpc) is 2.45. The molecule has 104 valence electrons. The van der Waals surface area contributed by atoms with E-state index in [0.717, 1.165) is 31.6 Å². The Morgan fingerprint density at radius 1 is 1.32 bits per heavy atom. The molecular formula is C13H21N5O. The van der Waals surface area contributed by atoms with Crippen LogP contribution in [0.1, 0.15) is 25.0 Å². The third-order valence-electron chi connectivity index (χ3n) is 3.21. The highest BCUT2D eigenvalue weighted by Crippen LogP contribution is 2.11. The minimum absolute atomic E-state index is 0.141. The van der Waals surface area contributed by atoms with Gasteiger partial charge in [0.2, 0.25) is 11.9 Å². The second kappa shape index (κ2) is 6.36. The second-order valence-electron chi connectivity index (χ2n) is 4.76. The van der Waals surface area contributed by atoms with Crippen LogP contribution >= 0.6 is 0 Å². The van der Waals surface area contributed by atoms with E-state index in [1.807, 2.05) is 17.9 Å². The van der Waals surface area contributed by atoms with Crippen LogP contribution in [0.4, 0.5) is 11.8 Å². The Morgan fingerprint density at radius 2 is 2.05 bits per heavy atom. The summed E-state index contributed by atoms with van der Waals surface area (Å²) in [5.41, 5.74) is 0.868. The van der Waals surface area contributed by atoms with E-state index >= 15 is 0 Å². The number of piperidine rings is 1. The van der Waals surface area contributed by atoms with Crippen molar-refractivity contribution in [2.45, 2.75) is 26.2 Å². The Bertz CT molecular complexity index is 443. The number of amides is 1. The normalized spacial score (nSPS) is 15.2. The first kappa shape index (κ1) is 13.6. The molecule has 1 aliphatic heterocycles. The van der Waals surface area contributed by atoms with Gasteiger partial charge >= 0.3 is 0 Å². The summed E-state index contributed by atoms with van der Waals surface area (Å²) in [6.07, 6.45) is 3.46. The van der Waals surface area contributed by atoms with E-state index in [9.17, 15) is 4.79 Å². The summed E-state index contributed by atoms with van der Waals surface area (Å²) in [5, 5.41) is 5.98. The Hall–Kier alpha value is -1.85. The molecule has 0 spiro atoms. The van der Waals surface area contributed by atoms with Gasteiger partial charge in [-0.2, -0.15) is 4.98 Å². The Labute approximate surface area is 113 Å². The number of likely N-dealkylation sites (tertiary alicyclic amines) is 1. The van der Waals surface area contributed by atoms with Gasteiger partial charge in [-0.1, -0.05) is 0 Å². The minimum Gasteiger partial charge on any atom is -0.361 e. The number of hydrogen-bond donors (Lipinski definition) is 2. The van der Waals surface area contributed by atoms with Crippen LogP contribution in [-0.4, -0.2) is 47.5 Å². The molecule has 1 aliphatic rings. The molecule has 0 bridgehead atoms. The fourth-order valence-electron chi connectivity index (χ4n) is 2.19. The van der Waals surface area contributed by atoms with Gasteiger partial charge < -0.3 is 15.5 Å². The third kappa shape index (κ3) is 3.81. The summed E-state index contributed by atoms with van der Waals surface area (Å²) < 4.78 is 0.